The summed E-state index contributed by atoms with van der Waals surface area (Å²) in [5, 5.41) is 0. The van der Waals surface area contributed by atoms with Gasteiger partial charge in [-0.05, 0) is 42.8 Å². The molecule has 2 aliphatic rings. The number of aryl methyl sites for hydroxylation is 1. The Bertz CT molecular complexity index is 1190. The zero-order valence-corrected chi connectivity index (χ0v) is 18.9. The minimum Gasteiger partial charge on any atom is -0.497 e. The van der Waals surface area contributed by atoms with Crippen LogP contribution in [0.25, 0.3) is 0 Å². The molecule has 2 aliphatic heterocycles. The third-order valence-corrected chi connectivity index (χ3v) is 7.54. The second-order valence-electron chi connectivity index (χ2n) is 8.08. The fraction of sp³-hybridized carbons (Fsp3) is 0.231. The maximum Gasteiger partial charge on any atom is 0.268 e. The minimum atomic E-state index is -1.03. The summed E-state index contributed by atoms with van der Waals surface area (Å²) in [5.41, 5.74) is 4.42. The Morgan fingerprint density at radius 2 is 1.84 bits per heavy atom. The van der Waals surface area contributed by atoms with Crippen molar-refractivity contribution < 1.29 is 14.3 Å². The average Bonchev–Trinajstić information content (AvgIpc) is 3.36. The lowest BCUT2D eigenvalue weighted by atomic mass is 10.0. The maximum absolute atomic E-state index is 14.0. The number of thioether (sulfide) groups is 1. The van der Waals surface area contributed by atoms with E-state index in [-0.39, 0.29) is 11.8 Å². The Labute approximate surface area is 192 Å². The molecule has 3 aromatic carbocycles. The van der Waals surface area contributed by atoms with E-state index in [2.05, 4.69) is 0 Å². The first-order valence-corrected chi connectivity index (χ1v) is 11.6. The summed E-state index contributed by atoms with van der Waals surface area (Å²) < 4.78 is 5.35. The second kappa shape index (κ2) is 8.02. The van der Waals surface area contributed by atoms with Gasteiger partial charge in [-0.15, -0.1) is 11.8 Å². The number of rotatable bonds is 4. The number of carbonyl (C=O) groups excluding carboxylic acids is 2. The number of methoxy groups -OCH3 is 1. The Morgan fingerprint density at radius 3 is 2.62 bits per heavy atom. The lowest BCUT2D eigenvalue weighted by Crippen LogP contribution is -2.50. The first kappa shape index (κ1) is 20.6. The summed E-state index contributed by atoms with van der Waals surface area (Å²) in [7, 11) is 1.63. The van der Waals surface area contributed by atoms with Crippen molar-refractivity contribution in [2.45, 2.75) is 18.3 Å². The predicted molar refractivity (Wildman–Crippen MR) is 127 cm³/mol. The Morgan fingerprint density at radius 1 is 1.06 bits per heavy atom. The van der Waals surface area contributed by atoms with Gasteiger partial charge < -0.3 is 14.5 Å². The molecule has 0 aromatic heterocycles. The second-order valence-corrected chi connectivity index (χ2v) is 9.36. The molecule has 1 fully saturated rings. The summed E-state index contributed by atoms with van der Waals surface area (Å²) in [4.78, 5) is 30.1. The van der Waals surface area contributed by atoms with E-state index in [1.54, 1.807) is 28.7 Å². The monoisotopic (exact) mass is 444 g/mol. The highest BCUT2D eigenvalue weighted by molar-refractivity contribution is 8.01. The first-order valence-electron chi connectivity index (χ1n) is 10.6. The molecule has 1 saturated heterocycles. The predicted octanol–water partition coefficient (Wildman–Crippen LogP) is 4.59. The van der Waals surface area contributed by atoms with Gasteiger partial charge in [-0.3, -0.25) is 9.59 Å². The molecule has 0 N–H and O–H groups in total. The van der Waals surface area contributed by atoms with E-state index in [1.807, 2.05) is 79.7 Å². The number of hydrogen-bond acceptors (Lipinski definition) is 4. The van der Waals surface area contributed by atoms with Gasteiger partial charge in [0.05, 0.1) is 19.3 Å². The van der Waals surface area contributed by atoms with E-state index in [4.69, 9.17) is 4.74 Å². The van der Waals surface area contributed by atoms with Gasteiger partial charge in [-0.2, -0.15) is 0 Å². The van der Waals surface area contributed by atoms with Crippen LogP contribution in [0.2, 0.25) is 0 Å². The molecule has 0 saturated carbocycles. The third-order valence-electron chi connectivity index (χ3n) is 6.12. The summed E-state index contributed by atoms with van der Waals surface area (Å²) in [5.74, 6) is 1.29. The fourth-order valence-electron chi connectivity index (χ4n) is 4.53. The van der Waals surface area contributed by atoms with Crippen molar-refractivity contribution in [1.29, 1.82) is 0 Å². The molecule has 0 unspecified atom stereocenters. The molecule has 6 heteroatoms. The highest BCUT2D eigenvalue weighted by Gasteiger charge is 2.59. The molecular formula is C26H24N2O3S. The number of fused-ring (bicyclic) bond motifs is 2. The molecule has 2 heterocycles. The number of benzene rings is 3. The van der Waals surface area contributed by atoms with Crippen LogP contribution in [0.3, 0.4) is 0 Å². The molecule has 0 bridgehead atoms. The maximum atomic E-state index is 14.0. The number of para-hydroxylation sites is 1. The van der Waals surface area contributed by atoms with Crippen LogP contribution >= 0.6 is 11.8 Å². The van der Waals surface area contributed by atoms with E-state index in [0.29, 0.717) is 24.4 Å². The first-order chi connectivity index (χ1) is 15.5. The molecule has 5 rings (SSSR count). The van der Waals surface area contributed by atoms with E-state index >= 15 is 0 Å². The quantitative estimate of drug-likeness (QED) is 0.591. The van der Waals surface area contributed by atoms with Gasteiger partial charge in [0, 0.05) is 23.4 Å². The van der Waals surface area contributed by atoms with Gasteiger partial charge in [0.25, 0.3) is 11.8 Å². The van der Waals surface area contributed by atoms with Crippen LogP contribution in [0.4, 0.5) is 5.69 Å². The average molecular weight is 445 g/mol. The summed E-state index contributed by atoms with van der Waals surface area (Å²) >= 11 is 1.55. The highest BCUT2D eigenvalue weighted by atomic mass is 32.2. The number of ether oxygens (including phenoxy) is 1. The zero-order chi connectivity index (χ0) is 22.3. The summed E-state index contributed by atoms with van der Waals surface area (Å²) in [6.07, 6.45) is 0. The topological polar surface area (TPSA) is 49.9 Å². The molecule has 5 nitrogen and oxygen atoms in total. The molecule has 162 valence electrons. The summed E-state index contributed by atoms with van der Waals surface area (Å²) in [6, 6.07) is 23.1. The SMILES string of the molecule is COc1cccc(CN2C(=O)[C@]3(SCCN3C(=O)c3ccc(C)cc3)c3ccccc32)c1. The largest absolute Gasteiger partial charge is 0.497 e. The van der Waals surface area contributed by atoms with Gasteiger partial charge in [0.15, 0.2) is 4.87 Å². The standard InChI is InChI=1S/C26H24N2O3S/c1-18-10-12-20(13-11-18)24(29)28-14-15-32-26(28)22-8-3-4-9-23(22)27(25(26)30)17-19-6-5-7-21(16-19)31-2/h3-13,16H,14-15,17H2,1-2H3/t26-/m1/s1. The van der Waals surface area contributed by atoms with Crippen molar-refractivity contribution in [3.8, 4) is 5.75 Å². The van der Waals surface area contributed by atoms with Crippen LogP contribution in [-0.4, -0.2) is 36.1 Å². The van der Waals surface area contributed by atoms with Crippen LogP contribution in [-0.2, 0) is 16.2 Å². The molecule has 0 aliphatic carbocycles. The zero-order valence-electron chi connectivity index (χ0n) is 18.1. The van der Waals surface area contributed by atoms with Gasteiger partial charge in [-0.25, -0.2) is 0 Å². The molecule has 1 spiro atoms. The fourth-order valence-corrected chi connectivity index (χ4v) is 5.99. The van der Waals surface area contributed by atoms with E-state index < -0.39 is 4.87 Å². The van der Waals surface area contributed by atoms with Gasteiger partial charge in [-0.1, -0.05) is 48.0 Å². The van der Waals surface area contributed by atoms with Crippen molar-refractivity contribution in [2.24, 2.45) is 0 Å². The Hall–Kier alpha value is -3.25. The number of amides is 2. The molecule has 3 aromatic rings. The lowest BCUT2D eigenvalue weighted by molar-refractivity contribution is -0.123. The number of carbonyl (C=O) groups is 2. The van der Waals surface area contributed by atoms with Crippen molar-refractivity contribution in [3.05, 3.63) is 95.1 Å². The van der Waals surface area contributed by atoms with Gasteiger partial charge in [0.2, 0.25) is 0 Å². The molecular weight excluding hydrogens is 420 g/mol. The van der Waals surface area contributed by atoms with Crippen molar-refractivity contribution in [3.63, 3.8) is 0 Å². The van der Waals surface area contributed by atoms with Crippen LogP contribution in [0.1, 0.15) is 27.0 Å². The smallest absolute Gasteiger partial charge is 0.268 e. The number of anilines is 1. The third kappa shape index (κ3) is 3.17. The van der Waals surface area contributed by atoms with E-state index in [0.717, 1.165) is 28.1 Å². The minimum absolute atomic E-state index is 0.0653. The van der Waals surface area contributed by atoms with E-state index in [1.165, 1.54) is 0 Å². The van der Waals surface area contributed by atoms with E-state index in [9.17, 15) is 9.59 Å². The molecule has 1 atom stereocenters. The number of nitrogens with zero attached hydrogens (tertiary/aromatic N) is 2. The molecule has 0 radical (unpaired) electrons. The highest BCUT2D eigenvalue weighted by Crippen LogP contribution is 2.54. The van der Waals surface area contributed by atoms with Crippen molar-refractivity contribution >= 4 is 29.3 Å². The normalized spacial score (nSPS) is 19.5. The lowest BCUT2D eigenvalue weighted by Gasteiger charge is -2.33. The van der Waals surface area contributed by atoms with Crippen LogP contribution in [0.5, 0.6) is 5.75 Å². The van der Waals surface area contributed by atoms with Crippen LogP contribution in [0.15, 0.2) is 72.8 Å². The Balaban J connectivity index is 1.55. The van der Waals surface area contributed by atoms with Crippen molar-refractivity contribution in [1.82, 2.24) is 4.90 Å². The van der Waals surface area contributed by atoms with Crippen molar-refractivity contribution in [2.75, 3.05) is 24.3 Å². The van der Waals surface area contributed by atoms with Crippen LogP contribution in [0, 0.1) is 6.92 Å². The number of hydrogen-bond donors (Lipinski definition) is 0. The van der Waals surface area contributed by atoms with Gasteiger partial charge >= 0.3 is 0 Å². The molecule has 32 heavy (non-hydrogen) atoms. The molecule has 2 amide bonds. The Kier molecular flexibility index (Phi) is 5.18. The van der Waals surface area contributed by atoms with Gasteiger partial charge in [0.1, 0.15) is 5.75 Å². The van der Waals surface area contributed by atoms with Crippen LogP contribution < -0.4 is 9.64 Å². The summed E-state index contributed by atoms with van der Waals surface area (Å²) in [6.45, 7) is 2.95.